The van der Waals surface area contributed by atoms with Crippen molar-refractivity contribution < 1.29 is 19.1 Å². The molecule has 0 aromatic heterocycles. The van der Waals surface area contributed by atoms with Crippen molar-refractivity contribution in [3.8, 4) is 22.6 Å². The molecule has 0 heterocycles. The fourth-order valence-electron chi connectivity index (χ4n) is 2.84. The molecular formula is C24H23N3O4. The standard InChI is InChI=1S/C24H23N3O4/c1-29-20-13-14-21(23(15-20)30-2)26-27-22(16-25-31-3)24(28)19-11-9-18(10-12-19)17-7-5-4-6-8-17/h4-16,26H,1-3H3. The first-order valence-corrected chi connectivity index (χ1v) is 9.48. The highest BCUT2D eigenvalue weighted by atomic mass is 16.6. The lowest BCUT2D eigenvalue weighted by Gasteiger charge is -2.10. The molecule has 0 atom stereocenters. The van der Waals surface area contributed by atoms with Crippen molar-refractivity contribution >= 4 is 23.4 Å². The Kier molecular flexibility index (Phi) is 7.37. The van der Waals surface area contributed by atoms with Gasteiger partial charge in [0.05, 0.1) is 26.1 Å². The molecule has 0 amide bonds. The van der Waals surface area contributed by atoms with Gasteiger partial charge in [0.25, 0.3) is 0 Å². The number of carbonyl (C=O) groups is 1. The lowest BCUT2D eigenvalue weighted by atomic mass is 10.0. The Labute approximate surface area is 181 Å². The van der Waals surface area contributed by atoms with E-state index in [2.05, 4.69) is 15.7 Å². The summed E-state index contributed by atoms with van der Waals surface area (Å²) >= 11 is 0. The number of Topliss-reactive ketones (excluding diaryl/α,β-unsaturated/α-hetero) is 1. The van der Waals surface area contributed by atoms with E-state index in [0.29, 0.717) is 22.7 Å². The first kappa shape index (κ1) is 21.6. The molecule has 0 unspecified atom stereocenters. The summed E-state index contributed by atoms with van der Waals surface area (Å²) in [7, 11) is 4.50. The minimum absolute atomic E-state index is 0.0761. The Bertz CT molecular complexity index is 1080. The molecule has 0 radical (unpaired) electrons. The summed E-state index contributed by atoms with van der Waals surface area (Å²) in [5, 5.41) is 7.92. The molecule has 0 spiro atoms. The Hall–Kier alpha value is -4.13. The maximum atomic E-state index is 13.0. The van der Waals surface area contributed by atoms with E-state index >= 15 is 0 Å². The van der Waals surface area contributed by atoms with Gasteiger partial charge in [0, 0.05) is 11.6 Å². The average molecular weight is 417 g/mol. The number of hydrogen-bond donors (Lipinski definition) is 1. The number of carbonyl (C=O) groups excluding carboxylic acids is 1. The zero-order valence-electron chi connectivity index (χ0n) is 17.5. The van der Waals surface area contributed by atoms with Crippen LogP contribution < -0.4 is 14.9 Å². The number of nitrogens with zero attached hydrogens (tertiary/aromatic N) is 2. The van der Waals surface area contributed by atoms with E-state index in [4.69, 9.17) is 14.3 Å². The smallest absolute Gasteiger partial charge is 0.214 e. The van der Waals surface area contributed by atoms with E-state index in [1.54, 1.807) is 37.4 Å². The number of hydrogen-bond acceptors (Lipinski definition) is 7. The number of ketones is 1. The van der Waals surface area contributed by atoms with Crippen molar-refractivity contribution in [2.75, 3.05) is 26.8 Å². The van der Waals surface area contributed by atoms with Crippen molar-refractivity contribution in [1.29, 1.82) is 0 Å². The Morgan fingerprint density at radius 1 is 0.871 bits per heavy atom. The molecule has 7 nitrogen and oxygen atoms in total. The number of benzene rings is 3. The molecule has 0 aliphatic carbocycles. The van der Waals surface area contributed by atoms with Crippen molar-refractivity contribution in [3.63, 3.8) is 0 Å². The van der Waals surface area contributed by atoms with Crippen LogP contribution in [-0.4, -0.2) is 39.0 Å². The maximum Gasteiger partial charge on any atom is 0.214 e. The van der Waals surface area contributed by atoms with Gasteiger partial charge in [0.2, 0.25) is 5.78 Å². The van der Waals surface area contributed by atoms with Gasteiger partial charge in [-0.05, 0) is 23.3 Å². The number of hydrazone groups is 1. The number of ether oxygens (including phenoxy) is 2. The summed E-state index contributed by atoms with van der Waals surface area (Å²) in [5.41, 5.74) is 6.06. The Morgan fingerprint density at radius 2 is 1.58 bits per heavy atom. The third-order valence-electron chi connectivity index (χ3n) is 4.47. The van der Waals surface area contributed by atoms with Gasteiger partial charge in [-0.3, -0.25) is 10.2 Å². The molecule has 0 saturated heterocycles. The fourth-order valence-corrected chi connectivity index (χ4v) is 2.84. The second-order valence-electron chi connectivity index (χ2n) is 6.36. The molecule has 0 fully saturated rings. The van der Waals surface area contributed by atoms with E-state index in [0.717, 1.165) is 11.1 Å². The molecular weight excluding hydrogens is 394 g/mol. The van der Waals surface area contributed by atoms with E-state index in [1.807, 2.05) is 42.5 Å². The molecule has 0 bridgehead atoms. The van der Waals surface area contributed by atoms with Crippen LogP contribution in [0, 0.1) is 0 Å². The number of rotatable bonds is 9. The lowest BCUT2D eigenvalue weighted by molar-refractivity contribution is 0.106. The maximum absolute atomic E-state index is 13.0. The van der Waals surface area contributed by atoms with E-state index in [-0.39, 0.29) is 11.5 Å². The molecule has 3 aromatic carbocycles. The molecule has 31 heavy (non-hydrogen) atoms. The summed E-state index contributed by atoms with van der Waals surface area (Å²) in [6, 6.07) is 22.5. The number of oxime groups is 1. The van der Waals surface area contributed by atoms with Crippen LogP contribution in [0.4, 0.5) is 5.69 Å². The van der Waals surface area contributed by atoms with E-state index < -0.39 is 0 Å². The van der Waals surface area contributed by atoms with E-state index in [9.17, 15) is 4.79 Å². The average Bonchev–Trinajstić information content (AvgIpc) is 2.84. The first-order valence-electron chi connectivity index (χ1n) is 9.48. The largest absolute Gasteiger partial charge is 0.497 e. The second-order valence-corrected chi connectivity index (χ2v) is 6.36. The SMILES string of the molecule is CON=CC(=NNc1ccc(OC)cc1OC)C(=O)c1ccc(-c2ccccc2)cc1. The van der Waals surface area contributed by atoms with Gasteiger partial charge in [0.1, 0.15) is 18.6 Å². The molecule has 0 aliphatic heterocycles. The third kappa shape index (κ3) is 5.48. The van der Waals surface area contributed by atoms with Crippen LogP contribution in [0.25, 0.3) is 11.1 Å². The van der Waals surface area contributed by atoms with Gasteiger partial charge in [-0.25, -0.2) is 0 Å². The predicted octanol–water partition coefficient (Wildman–Crippen LogP) is 4.65. The molecule has 7 heteroatoms. The molecule has 0 saturated carbocycles. The van der Waals surface area contributed by atoms with Crippen LogP contribution in [0.15, 0.2) is 83.1 Å². The van der Waals surface area contributed by atoms with Crippen LogP contribution in [-0.2, 0) is 4.84 Å². The highest BCUT2D eigenvalue weighted by Gasteiger charge is 2.14. The quantitative estimate of drug-likeness (QED) is 0.311. The van der Waals surface area contributed by atoms with Gasteiger partial charge < -0.3 is 14.3 Å². The summed E-state index contributed by atoms with van der Waals surface area (Å²) < 4.78 is 10.5. The topological polar surface area (TPSA) is 81.5 Å². The highest BCUT2D eigenvalue weighted by Crippen LogP contribution is 2.29. The van der Waals surface area contributed by atoms with Crippen LogP contribution in [0.1, 0.15) is 10.4 Å². The minimum atomic E-state index is -0.305. The zero-order chi connectivity index (χ0) is 22.1. The van der Waals surface area contributed by atoms with Crippen molar-refractivity contribution in [3.05, 3.63) is 78.4 Å². The van der Waals surface area contributed by atoms with Crippen molar-refractivity contribution in [1.82, 2.24) is 0 Å². The van der Waals surface area contributed by atoms with Gasteiger partial charge in [-0.1, -0.05) is 59.8 Å². The predicted molar refractivity (Wildman–Crippen MR) is 122 cm³/mol. The number of anilines is 1. The van der Waals surface area contributed by atoms with Crippen LogP contribution in [0.3, 0.4) is 0 Å². The fraction of sp³-hybridized carbons (Fsp3) is 0.125. The molecule has 3 aromatic rings. The highest BCUT2D eigenvalue weighted by molar-refractivity contribution is 6.64. The summed E-state index contributed by atoms with van der Waals surface area (Å²) in [5.74, 6) is 0.855. The number of methoxy groups -OCH3 is 2. The van der Waals surface area contributed by atoms with Crippen LogP contribution >= 0.6 is 0 Å². The van der Waals surface area contributed by atoms with Gasteiger partial charge in [0.15, 0.2) is 5.71 Å². The van der Waals surface area contributed by atoms with Crippen molar-refractivity contribution in [2.45, 2.75) is 0 Å². The van der Waals surface area contributed by atoms with Crippen LogP contribution in [0.5, 0.6) is 11.5 Å². The van der Waals surface area contributed by atoms with Crippen molar-refractivity contribution in [2.24, 2.45) is 10.3 Å². The zero-order valence-corrected chi connectivity index (χ0v) is 17.5. The second kappa shape index (κ2) is 10.6. The van der Waals surface area contributed by atoms with E-state index in [1.165, 1.54) is 20.4 Å². The lowest BCUT2D eigenvalue weighted by Crippen LogP contribution is -2.18. The Morgan fingerprint density at radius 3 is 2.23 bits per heavy atom. The monoisotopic (exact) mass is 417 g/mol. The van der Waals surface area contributed by atoms with Gasteiger partial charge >= 0.3 is 0 Å². The third-order valence-corrected chi connectivity index (χ3v) is 4.47. The normalized spacial score (nSPS) is 11.3. The van der Waals surface area contributed by atoms with Crippen LogP contribution in [0.2, 0.25) is 0 Å². The van der Waals surface area contributed by atoms with Gasteiger partial charge in [-0.2, -0.15) is 5.10 Å². The molecule has 1 N–H and O–H groups in total. The first-order chi connectivity index (χ1) is 15.2. The summed E-state index contributed by atoms with van der Waals surface area (Å²) in [4.78, 5) is 17.7. The molecule has 0 aliphatic rings. The molecule has 3 rings (SSSR count). The van der Waals surface area contributed by atoms with Gasteiger partial charge in [-0.15, -0.1) is 0 Å². The minimum Gasteiger partial charge on any atom is -0.497 e. The Balaban J connectivity index is 1.85. The summed E-state index contributed by atoms with van der Waals surface area (Å²) in [6.07, 6.45) is 1.26. The molecule has 158 valence electrons. The summed E-state index contributed by atoms with van der Waals surface area (Å²) in [6.45, 7) is 0. The number of nitrogens with one attached hydrogen (secondary N) is 1.